The third-order valence-electron chi connectivity index (χ3n) is 5.18. The molecule has 2 aromatic carbocycles. The van der Waals surface area contributed by atoms with Gasteiger partial charge in [0.05, 0.1) is 19.0 Å². The van der Waals surface area contributed by atoms with Crippen molar-refractivity contribution in [1.82, 2.24) is 25.2 Å². The number of carbonyl (C=O) groups excluding carboxylic acids is 2. The van der Waals surface area contributed by atoms with E-state index >= 15 is 0 Å². The topological polar surface area (TPSA) is 89.4 Å². The molecule has 0 spiro atoms. The standard InChI is InChI=1S/C22H23N5O3/c1-30-19-9-5-6-16(14-19)21(28)23-17-10-12-26(13-11-17)22(29)20-15-27(25-24-20)18-7-3-2-4-8-18/h2-9,14-15,17H,10-13H2,1H3,(H,23,28). The Hall–Kier alpha value is -3.68. The molecule has 0 atom stereocenters. The molecule has 0 radical (unpaired) electrons. The molecule has 0 saturated carbocycles. The molecule has 1 aromatic heterocycles. The summed E-state index contributed by atoms with van der Waals surface area (Å²) >= 11 is 0. The van der Waals surface area contributed by atoms with Crippen LogP contribution in [-0.2, 0) is 0 Å². The van der Waals surface area contributed by atoms with E-state index in [1.54, 1.807) is 47.2 Å². The number of amides is 2. The Bertz CT molecular complexity index is 1030. The van der Waals surface area contributed by atoms with Gasteiger partial charge < -0.3 is 15.0 Å². The summed E-state index contributed by atoms with van der Waals surface area (Å²) in [7, 11) is 1.57. The minimum absolute atomic E-state index is 0.0211. The van der Waals surface area contributed by atoms with Crippen molar-refractivity contribution in [1.29, 1.82) is 0 Å². The molecule has 30 heavy (non-hydrogen) atoms. The minimum atomic E-state index is -0.144. The first kappa shape index (κ1) is 19.6. The predicted octanol–water partition coefficient (Wildman–Crippen LogP) is 2.31. The lowest BCUT2D eigenvalue weighted by molar-refractivity contribution is 0.0692. The predicted molar refractivity (Wildman–Crippen MR) is 111 cm³/mol. The third-order valence-corrected chi connectivity index (χ3v) is 5.18. The highest BCUT2D eigenvalue weighted by atomic mass is 16.5. The van der Waals surface area contributed by atoms with E-state index in [0.29, 0.717) is 42.9 Å². The molecule has 1 aliphatic heterocycles. The van der Waals surface area contributed by atoms with Crippen LogP contribution in [0.3, 0.4) is 0 Å². The average Bonchev–Trinajstić information content (AvgIpc) is 3.30. The molecular weight excluding hydrogens is 382 g/mol. The molecular formula is C22H23N5O3. The summed E-state index contributed by atoms with van der Waals surface area (Å²) in [4.78, 5) is 27.0. The quantitative estimate of drug-likeness (QED) is 0.704. The Balaban J connectivity index is 1.32. The van der Waals surface area contributed by atoms with Crippen molar-refractivity contribution in [3.63, 3.8) is 0 Å². The van der Waals surface area contributed by atoms with E-state index in [2.05, 4.69) is 15.6 Å². The van der Waals surface area contributed by atoms with Gasteiger partial charge in [-0.2, -0.15) is 0 Å². The number of likely N-dealkylation sites (tertiary alicyclic amines) is 1. The maximum absolute atomic E-state index is 12.8. The monoisotopic (exact) mass is 405 g/mol. The number of methoxy groups -OCH3 is 1. The Labute approximate surface area is 174 Å². The van der Waals surface area contributed by atoms with E-state index in [1.807, 2.05) is 30.3 Å². The zero-order chi connectivity index (χ0) is 20.9. The number of piperidine rings is 1. The number of hydrogen-bond donors (Lipinski definition) is 1. The second-order valence-corrected chi connectivity index (χ2v) is 7.16. The summed E-state index contributed by atoms with van der Waals surface area (Å²) < 4.78 is 6.76. The van der Waals surface area contributed by atoms with Gasteiger partial charge in [-0.05, 0) is 43.2 Å². The van der Waals surface area contributed by atoms with E-state index in [-0.39, 0.29) is 17.9 Å². The lowest BCUT2D eigenvalue weighted by Gasteiger charge is -2.31. The lowest BCUT2D eigenvalue weighted by Crippen LogP contribution is -2.46. The number of benzene rings is 2. The Morgan fingerprint density at radius 3 is 2.57 bits per heavy atom. The Morgan fingerprint density at radius 1 is 1.07 bits per heavy atom. The molecule has 0 unspecified atom stereocenters. The van der Waals surface area contributed by atoms with Gasteiger partial charge in [0.25, 0.3) is 11.8 Å². The van der Waals surface area contributed by atoms with Gasteiger partial charge in [-0.25, -0.2) is 4.68 Å². The highest BCUT2D eigenvalue weighted by Gasteiger charge is 2.26. The van der Waals surface area contributed by atoms with Gasteiger partial charge in [-0.1, -0.05) is 29.5 Å². The summed E-state index contributed by atoms with van der Waals surface area (Å²) in [6.07, 6.45) is 3.02. The minimum Gasteiger partial charge on any atom is -0.497 e. The molecule has 1 aliphatic rings. The average molecular weight is 405 g/mol. The van der Waals surface area contributed by atoms with Gasteiger partial charge in [-0.15, -0.1) is 5.10 Å². The van der Waals surface area contributed by atoms with E-state index < -0.39 is 0 Å². The zero-order valence-electron chi connectivity index (χ0n) is 16.7. The van der Waals surface area contributed by atoms with Crippen LogP contribution in [0, 0.1) is 0 Å². The van der Waals surface area contributed by atoms with Gasteiger partial charge in [0, 0.05) is 24.7 Å². The number of carbonyl (C=O) groups is 2. The van der Waals surface area contributed by atoms with E-state index in [9.17, 15) is 9.59 Å². The zero-order valence-corrected chi connectivity index (χ0v) is 16.7. The summed E-state index contributed by atoms with van der Waals surface area (Å²) in [5.74, 6) is 0.367. The highest BCUT2D eigenvalue weighted by Crippen LogP contribution is 2.16. The molecule has 0 bridgehead atoms. The number of para-hydroxylation sites is 1. The molecule has 4 rings (SSSR count). The molecule has 1 saturated heterocycles. The van der Waals surface area contributed by atoms with Crippen LogP contribution in [0.25, 0.3) is 5.69 Å². The van der Waals surface area contributed by atoms with Crippen LogP contribution in [0.15, 0.2) is 60.8 Å². The third kappa shape index (κ3) is 4.32. The SMILES string of the molecule is COc1cccc(C(=O)NC2CCN(C(=O)c3cn(-c4ccccc4)nn3)CC2)c1. The molecule has 3 aromatic rings. The summed E-state index contributed by atoms with van der Waals surface area (Å²) in [6, 6.07) is 16.6. The first-order chi connectivity index (χ1) is 14.6. The van der Waals surface area contributed by atoms with Crippen LogP contribution in [-0.4, -0.2) is 57.9 Å². The van der Waals surface area contributed by atoms with Crippen LogP contribution in [0.2, 0.25) is 0 Å². The Kier molecular flexibility index (Phi) is 5.74. The van der Waals surface area contributed by atoms with Crippen molar-refractivity contribution in [2.45, 2.75) is 18.9 Å². The van der Waals surface area contributed by atoms with Gasteiger partial charge >= 0.3 is 0 Å². The van der Waals surface area contributed by atoms with Crippen molar-refractivity contribution in [2.24, 2.45) is 0 Å². The Morgan fingerprint density at radius 2 is 1.83 bits per heavy atom. The van der Waals surface area contributed by atoms with Crippen molar-refractivity contribution in [3.8, 4) is 11.4 Å². The number of hydrogen-bond acceptors (Lipinski definition) is 5. The molecule has 154 valence electrons. The normalized spacial score (nSPS) is 14.4. The van der Waals surface area contributed by atoms with Crippen molar-refractivity contribution >= 4 is 11.8 Å². The maximum Gasteiger partial charge on any atom is 0.276 e. The molecule has 0 aliphatic carbocycles. The van der Waals surface area contributed by atoms with E-state index in [1.165, 1.54) is 0 Å². The lowest BCUT2D eigenvalue weighted by atomic mass is 10.0. The smallest absolute Gasteiger partial charge is 0.276 e. The van der Waals surface area contributed by atoms with Crippen molar-refractivity contribution in [3.05, 3.63) is 72.1 Å². The number of ether oxygens (including phenoxy) is 1. The fourth-order valence-electron chi connectivity index (χ4n) is 3.49. The maximum atomic E-state index is 12.8. The van der Waals surface area contributed by atoms with Crippen LogP contribution < -0.4 is 10.1 Å². The summed E-state index contributed by atoms with van der Waals surface area (Å²) in [5.41, 5.74) is 1.73. The fraction of sp³-hybridized carbons (Fsp3) is 0.273. The van der Waals surface area contributed by atoms with E-state index in [0.717, 1.165) is 5.69 Å². The number of nitrogens with zero attached hydrogens (tertiary/aromatic N) is 4. The van der Waals surface area contributed by atoms with Crippen LogP contribution in [0.5, 0.6) is 5.75 Å². The van der Waals surface area contributed by atoms with Gasteiger partial charge in [0.15, 0.2) is 5.69 Å². The highest BCUT2D eigenvalue weighted by molar-refractivity contribution is 5.95. The van der Waals surface area contributed by atoms with Crippen molar-refractivity contribution in [2.75, 3.05) is 20.2 Å². The number of rotatable bonds is 5. The first-order valence-electron chi connectivity index (χ1n) is 9.86. The molecule has 8 heteroatoms. The second kappa shape index (κ2) is 8.77. The van der Waals surface area contributed by atoms with Crippen LogP contribution >= 0.6 is 0 Å². The fourth-order valence-corrected chi connectivity index (χ4v) is 3.49. The largest absolute Gasteiger partial charge is 0.497 e. The van der Waals surface area contributed by atoms with Crippen molar-refractivity contribution < 1.29 is 14.3 Å². The van der Waals surface area contributed by atoms with Gasteiger partial charge in [0.2, 0.25) is 0 Å². The molecule has 2 heterocycles. The first-order valence-corrected chi connectivity index (χ1v) is 9.86. The van der Waals surface area contributed by atoms with Crippen LogP contribution in [0.4, 0.5) is 0 Å². The summed E-state index contributed by atoms with van der Waals surface area (Å²) in [5, 5.41) is 11.1. The summed E-state index contributed by atoms with van der Waals surface area (Å²) in [6.45, 7) is 1.11. The van der Waals surface area contributed by atoms with Crippen LogP contribution in [0.1, 0.15) is 33.7 Å². The van der Waals surface area contributed by atoms with Gasteiger partial charge in [-0.3, -0.25) is 9.59 Å². The van der Waals surface area contributed by atoms with E-state index in [4.69, 9.17) is 4.74 Å². The molecule has 8 nitrogen and oxygen atoms in total. The number of nitrogens with one attached hydrogen (secondary N) is 1. The van der Waals surface area contributed by atoms with Gasteiger partial charge in [0.1, 0.15) is 5.75 Å². The molecule has 1 fully saturated rings. The molecule has 2 amide bonds. The molecule has 1 N–H and O–H groups in total. The number of aromatic nitrogens is 3. The second-order valence-electron chi connectivity index (χ2n) is 7.16.